The molecule has 1 saturated heterocycles. The molecule has 0 saturated carbocycles. The van der Waals surface area contributed by atoms with E-state index in [0.717, 1.165) is 59.7 Å². The third-order valence-corrected chi connectivity index (χ3v) is 6.96. The normalized spacial score (nSPS) is 14.3. The van der Waals surface area contributed by atoms with Crippen LogP contribution in [0, 0.1) is 0 Å². The van der Waals surface area contributed by atoms with Gasteiger partial charge in [-0.05, 0) is 67.1 Å². The van der Waals surface area contributed by atoms with E-state index in [0.29, 0.717) is 12.2 Å². The first-order valence-electron chi connectivity index (χ1n) is 11.0. The number of benzene rings is 3. The topological polar surface area (TPSA) is 53.0 Å². The maximum absolute atomic E-state index is 11.4. The Labute approximate surface area is 203 Å². The summed E-state index contributed by atoms with van der Waals surface area (Å²) >= 11 is 7.43. The molecule has 1 aliphatic rings. The zero-order chi connectivity index (χ0) is 23.0. The largest absolute Gasteiger partial charge is 0.494 e. The van der Waals surface area contributed by atoms with E-state index in [2.05, 4.69) is 21.9 Å². The summed E-state index contributed by atoms with van der Waals surface area (Å²) in [5.41, 5.74) is 1.55. The Morgan fingerprint density at radius 2 is 1.64 bits per heavy atom. The summed E-state index contributed by atoms with van der Waals surface area (Å²) in [5, 5.41) is 10.1. The van der Waals surface area contributed by atoms with Gasteiger partial charge in [0.25, 0.3) is 0 Å². The summed E-state index contributed by atoms with van der Waals surface area (Å²) in [4.78, 5) is 18.0. The van der Waals surface area contributed by atoms with Crippen molar-refractivity contribution in [3.63, 3.8) is 0 Å². The van der Waals surface area contributed by atoms with Gasteiger partial charge in [-0.3, -0.25) is 4.90 Å². The second kappa shape index (κ2) is 11.5. The molecule has 0 spiro atoms. The molecule has 4 rings (SSSR count). The Kier molecular flexibility index (Phi) is 8.15. The third-order valence-electron chi connectivity index (χ3n) is 5.62. The number of anilines is 1. The van der Waals surface area contributed by atoms with Gasteiger partial charge in [-0.1, -0.05) is 35.5 Å². The molecular formula is C26H27ClN2O3S. The van der Waals surface area contributed by atoms with Crippen molar-refractivity contribution in [1.29, 1.82) is 0 Å². The van der Waals surface area contributed by atoms with E-state index >= 15 is 0 Å². The number of rotatable bonds is 9. The lowest BCUT2D eigenvalue weighted by molar-refractivity contribution is 0.0693. The molecule has 7 heteroatoms. The molecule has 172 valence electrons. The first kappa shape index (κ1) is 23.5. The minimum absolute atomic E-state index is 0.317. The summed E-state index contributed by atoms with van der Waals surface area (Å²) in [6, 6.07) is 22.9. The van der Waals surface area contributed by atoms with Crippen LogP contribution in [0.25, 0.3) is 0 Å². The molecular weight excluding hydrogens is 456 g/mol. The molecule has 1 N–H and O–H groups in total. The molecule has 3 aromatic carbocycles. The van der Waals surface area contributed by atoms with Crippen LogP contribution in [0.2, 0.25) is 5.02 Å². The Morgan fingerprint density at radius 1 is 0.939 bits per heavy atom. The molecule has 1 aliphatic heterocycles. The van der Waals surface area contributed by atoms with Crippen molar-refractivity contribution in [2.75, 3.05) is 44.2 Å². The number of hydrogen-bond donors (Lipinski definition) is 1. The van der Waals surface area contributed by atoms with Crippen molar-refractivity contribution in [1.82, 2.24) is 4.90 Å². The van der Waals surface area contributed by atoms with E-state index in [9.17, 15) is 9.90 Å². The summed E-state index contributed by atoms with van der Waals surface area (Å²) in [7, 11) is 0. The number of aromatic carboxylic acids is 1. The van der Waals surface area contributed by atoms with Gasteiger partial charge >= 0.3 is 5.97 Å². The highest BCUT2D eigenvalue weighted by atomic mass is 35.5. The van der Waals surface area contributed by atoms with Crippen LogP contribution >= 0.6 is 23.4 Å². The van der Waals surface area contributed by atoms with E-state index in [1.54, 1.807) is 12.1 Å². The van der Waals surface area contributed by atoms with Gasteiger partial charge in [0.2, 0.25) is 0 Å². The number of hydrogen-bond acceptors (Lipinski definition) is 5. The van der Waals surface area contributed by atoms with E-state index in [-0.39, 0.29) is 0 Å². The van der Waals surface area contributed by atoms with Gasteiger partial charge in [-0.2, -0.15) is 0 Å². The van der Waals surface area contributed by atoms with Crippen molar-refractivity contribution in [3.05, 3.63) is 83.4 Å². The van der Waals surface area contributed by atoms with Crippen molar-refractivity contribution >= 4 is 35.0 Å². The van der Waals surface area contributed by atoms with Gasteiger partial charge in [0.15, 0.2) is 0 Å². The molecule has 0 aliphatic carbocycles. The molecule has 0 bridgehead atoms. The van der Waals surface area contributed by atoms with Crippen LogP contribution in [0.4, 0.5) is 5.69 Å². The fraction of sp³-hybridized carbons (Fsp3) is 0.269. The SMILES string of the molecule is O=C(O)c1ccccc1Sc1ccc(OCCCN2CCN(c3ccc(Cl)cc3)CC2)cc1. The van der Waals surface area contributed by atoms with Crippen LogP contribution in [-0.2, 0) is 0 Å². The molecule has 1 heterocycles. The molecule has 0 unspecified atom stereocenters. The van der Waals surface area contributed by atoms with Gasteiger partial charge in [0, 0.05) is 53.2 Å². The van der Waals surface area contributed by atoms with Gasteiger partial charge < -0.3 is 14.7 Å². The molecule has 5 nitrogen and oxygen atoms in total. The minimum atomic E-state index is -0.913. The van der Waals surface area contributed by atoms with Crippen LogP contribution in [-0.4, -0.2) is 55.3 Å². The van der Waals surface area contributed by atoms with Gasteiger partial charge in [0.05, 0.1) is 12.2 Å². The number of carbonyl (C=O) groups is 1. The number of carboxylic acids is 1. The third kappa shape index (κ3) is 6.67. The fourth-order valence-corrected chi connectivity index (χ4v) is 4.89. The zero-order valence-corrected chi connectivity index (χ0v) is 19.9. The van der Waals surface area contributed by atoms with Gasteiger partial charge in [-0.15, -0.1) is 0 Å². The Bertz CT molecular complexity index is 1050. The quantitative estimate of drug-likeness (QED) is 0.390. The van der Waals surface area contributed by atoms with Crippen molar-refractivity contribution in [2.45, 2.75) is 16.2 Å². The average molecular weight is 483 g/mol. The molecule has 33 heavy (non-hydrogen) atoms. The predicted octanol–water partition coefficient (Wildman–Crippen LogP) is 5.78. The average Bonchev–Trinajstić information content (AvgIpc) is 2.84. The first-order valence-corrected chi connectivity index (χ1v) is 12.2. The maximum atomic E-state index is 11.4. The van der Waals surface area contributed by atoms with E-state index in [4.69, 9.17) is 16.3 Å². The molecule has 0 aromatic heterocycles. The summed E-state index contributed by atoms with van der Waals surface area (Å²) in [5.74, 6) is -0.0807. The van der Waals surface area contributed by atoms with Crippen LogP contribution in [0.15, 0.2) is 82.6 Å². The lowest BCUT2D eigenvalue weighted by Crippen LogP contribution is -2.46. The minimum Gasteiger partial charge on any atom is -0.494 e. The second-order valence-electron chi connectivity index (χ2n) is 7.88. The monoisotopic (exact) mass is 482 g/mol. The number of piperazine rings is 1. The Balaban J connectivity index is 1.17. The highest BCUT2D eigenvalue weighted by Gasteiger charge is 2.16. The standard InChI is InChI=1S/C26H27ClN2O3S/c27-20-6-8-21(9-7-20)29-17-15-28(16-18-29)14-3-19-32-22-10-12-23(13-11-22)33-25-5-2-1-4-24(25)26(30)31/h1-2,4-13H,3,14-19H2,(H,30,31). The molecule has 1 fully saturated rings. The number of ether oxygens (including phenoxy) is 1. The summed E-state index contributed by atoms with van der Waals surface area (Å²) in [6.45, 7) is 5.83. The maximum Gasteiger partial charge on any atom is 0.336 e. The van der Waals surface area contributed by atoms with Crippen LogP contribution in [0.5, 0.6) is 5.75 Å². The first-order chi connectivity index (χ1) is 16.1. The molecule has 0 amide bonds. The highest BCUT2D eigenvalue weighted by Crippen LogP contribution is 2.31. The second-order valence-corrected chi connectivity index (χ2v) is 9.43. The van der Waals surface area contributed by atoms with Crippen molar-refractivity contribution in [2.24, 2.45) is 0 Å². The summed E-state index contributed by atoms with van der Waals surface area (Å²) in [6.07, 6.45) is 0.976. The Hall–Kier alpha value is -2.67. The van der Waals surface area contributed by atoms with Gasteiger partial charge in [0.1, 0.15) is 5.75 Å². The van der Waals surface area contributed by atoms with E-state index < -0.39 is 5.97 Å². The smallest absolute Gasteiger partial charge is 0.336 e. The van der Waals surface area contributed by atoms with Gasteiger partial charge in [-0.25, -0.2) is 4.79 Å². The predicted molar refractivity (Wildman–Crippen MR) is 134 cm³/mol. The fourth-order valence-electron chi connectivity index (χ4n) is 3.82. The highest BCUT2D eigenvalue weighted by molar-refractivity contribution is 7.99. The lowest BCUT2D eigenvalue weighted by Gasteiger charge is -2.36. The van der Waals surface area contributed by atoms with Crippen LogP contribution in [0.1, 0.15) is 16.8 Å². The summed E-state index contributed by atoms with van der Waals surface area (Å²) < 4.78 is 5.91. The number of nitrogens with zero attached hydrogens (tertiary/aromatic N) is 2. The van der Waals surface area contributed by atoms with Crippen molar-refractivity contribution in [3.8, 4) is 5.75 Å². The van der Waals surface area contributed by atoms with Crippen LogP contribution in [0.3, 0.4) is 0 Å². The Morgan fingerprint density at radius 3 is 2.33 bits per heavy atom. The molecule has 0 radical (unpaired) electrons. The number of halogens is 1. The zero-order valence-electron chi connectivity index (χ0n) is 18.3. The van der Waals surface area contributed by atoms with E-state index in [1.165, 1.54) is 17.4 Å². The molecule has 3 aromatic rings. The lowest BCUT2D eigenvalue weighted by atomic mass is 10.2. The van der Waals surface area contributed by atoms with E-state index in [1.807, 2.05) is 48.5 Å². The van der Waals surface area contributed by atoms with Crippen LogP contribution < -0.4 is 9.64 Å². The van der Waals surface area contributed by atoms with Crippen molar-refractivity contribution < 1.29 is 14.6 Å². The number of carboxylic acid groups (broad SMARTS) is 1. The molecule has 0 atom stereocenters.